The molecule has 1 aromatic carbocycles. The molecule has 1 rings (SSSR count). The number of rotatable bonds is 13. The van der Waals surface area contributed by atoms with Crippen LogP contribution in [-0.2, 0) is 9.53 Å². The molecule has 0 aliphatic carbocycles. The van der Waals surface area contributed by atoms with E-state index in [9.17, 15) is 9.59 Å². The topological polar surface area (TPSA) is 123 Å². The van der Waals surface area contributed by atoms with Crippen molar-refractivity contribution in [3.05, 3.63) is 38.1 Å². The number of hydrogen-bond acceptors (Lipinski definition) is 6. The molecule has 8 nitrogen and oxygen atoms in total. The molecule has 9 heteroatoms. The van der Waals surface area contributed by atoms with Crippen molar-refractivity contribution in [1.82, 2.24) is 5.32 Å². The molecule has 0 atom stereocenters. The van der Waals surface area contributed by atoms with Crippen LogP contribution in [0.2, 0.25) is 0 Å². The standard InChI is InChI=1S/C15H23N3O5.C4H9.CH3.K/c16-2-1-5-23-14-9-12(15(20)21)8-13(10-14)18-4-7-22-6-3-17-11-19;1-4(2)3;;/h8-11,18H,1-7,16H2,(H,17,19)(H,20,21);4H,1H2,2-3H3;1H3;/q;2*-1;+1. The average molecular weight is 437 g/mol. The molecule has 0 radical (unpaired) electrons. The van der Waals surface area contributed by atoms with E-state index in [0.29, 0.717) is 69.6 Å². The number of anilines is 1. The SMILES string of the molecule is NCCCOc1cc(NCCOCCNC=O)cc(C(=O)O)c1.[CH2-]C(C)C.[CH3-].[K+]. The fourth-order valence-electron chi connectivity index (χ4n) is 1.74. The number of carboxylic acid groups (broad SMARTS) is 1. The molecule has 5 N–H and O–H groups in total. The minimum Gasteiger partial charge on any atom is -0.493 e. The smallest absolute Gasteiger partial charge is 0.493 e. The van der Waals surface area contributed by atoms with Crippen LogP contribution in [-0.4, -0.2) is 56.9 Å². The molecule has 162 valence electrons. The Kier molecular flexibility index (Phi) is 25.0. The second-order valence-electron chi connectivity index (χ2n) is 6.05. The van der Waals surface area contributed by atoms with Crippen molar-refractivity contribution in [2.24, 2.45) is 11.7 Å². The van der Waals surface area contributed by atoms with Crippen LogP contribution in [0.4, 0.5) is 5.69 Å². The van der Waals surface area contributed by atoms with Crippen molar-refractivity contribution in [3.8, 4) is 5.75 Å². The molecule has 0 heterocycles. The van der Waals surface area contributed by atoms with Crippen LogP contribution in [0.5, 0.6) is 5.75 Å². The van der Waals surface area contributed by atoms with Gasteiger partial charge < -0.3 is 45.3 Å². The summed E-state index contributed by atoms with van der Waals surface area (Å²) in [5, 5.41) is 14.7. The van der Waals surface area contributed by atoms with Crippen LogP contribution in [0.3, 0.4) is 0 Å². The third kappa shape index (κ3) is 20.4. The van der Waals surface area contributed by atoms with Gasteiger partial charge in [-0.15, -0.1) is 0 Å². The fraction of sp³-hybridized carbons (Fsp3) is 0.500. The Morgan fingerprint density at radius 3 is 2.41 bits per heavy atom. The van der Waals surface area contributed by atoms with E-state index in [1.54, 1.807) is 6.07 Å². The number of carbonyl (C=O) groups excluding carboxylic acids is 1. The molecule has 1 aromatic rings. The molecule has 0 aromatic heterocycles. The fourth-order valence-corrected chi connectivity index (χ4v) is 1.74. The third-order valence-corrected chi connectivity index (χ3v) is 2.82. The minimum atomic E-state index is -1.02. The van der Waals surface area contributed by atoms with Crippen LogP contribution in [0.15, 0.2) is 18.2 Å². The number of benzene rings is 1. The molecule has 0 aliphatic rings. The molecule has 0 saturated carbocycles. The van der Waals surface area contributed by atoms with Crippen LogP contribution in [0, 0.1) is 20.3 Å². The van der Waals surface area contributed by atoms with Crippen molar-refractivity contribution >= 4 is 18.1 Å². The van der Waals surface area contributed by atoms with Crippen LogP contribution < -0.4 is 72.5 Å². The Morgan fingerprint density at radius 2 is 1.86 bits per heavy atom. The first kappa shape index (κ1) is 33.0. The summed E-state index contributed by atoms with van der Waals surface area (Å²) in [4.78, 5) is 21.2. The number of aromatic carboxylic acids is 1. The largest absolute Gasteiger partial charge is 1.00 e. The summed E-state index contributed by atoms with van der Waals surface area (Å²) < 4.78 is 10.8. The van der Waals surface area contributed by atoms with Crippen LogP contribution in [0.25, 0.3) is 0 Å². The molecule has 0 unspecified atom stereocenters. The summed E-state index contributed by atoms with van der Waals surface area (Å²) in [6.45, 7) is 10.5. The summed E-state index contributed by atoms with van der Waals surface area (Å²) in [5.41, 5.74) is 6.19. The van der Waals surface area contributed by atoms with Crippen LogP contribution in [0.1, 0.15) is 30.6 Å². The van der Waals surface area contributed by atoms with Gasteiger partial charge in [0, 0.05) is 24.8 Å². The van der Waals surface area contributed by atoms with Crippen molar-refractivity contribution in [2.75, 3.05) is 44.8 Å². The van der Waals surface area contributed by atoms with E-state index in [-0.39, 0.29) is 64.4 Å². The van der Waals surface area contributed by atoms with Gasteiger partial charge >= 0.3 is 57.4 Å². The van der Waals surface area contributed by atoms with E-state index in [4.69, 9.17) is 20.3 Å². The van der Waals surface area contributed by atoms with E-state index in [1.807, 2.05) is 0 Å². The van der Waals surface area contributed by atoms with Gasteiger partial charge in [0.2, 0.25) is 6.41 Å². The monoisotopic (exact) mass is 436 g/mol. The van der Waals surface area contributed by atoms with Crippen molar-refractivity contribution in [1.29, 1.82) is 0 Å². The number of carboxylic acids is 1. The maximum Gasteiger partial charge on any atom is 1.00 e. The second kappa shape index (κ2) is 22.0. The molecule has 0 fully saturated rings. The number of carbonyl (C=O) groups is 2. The van der Waals surface area contributed by atoms with Gasteiger partial charge in [-0.05, 0) is 25.1 Å². The van der Waals surface area contributed by atoms with Gasteiger partial charge in [0.05, 0.1) is 25.4 Å². The summed E-state index contributed by atoms with van der Waals surface area (Å²) >= 11 is 0. The van der Waals surface area contributed by atoms with Gasteiger partial charge in [0.1, 0.15) is 5.75 Å². The zero-order chi connectivity index (χ0) is 20.5. The second-order valence-corrected chi connectivity index (χ2v) is 6.05. The maximum atomic E-state index is 11.1. The normalized spacial score (nSPS) is 9.28. The quantitative estimate of drug-likeness (QED) is 0.138. The van der Waals surface area contributed by atoms with E-state index in [0.717, 1.165) is 0 Å². The van der Waals surface area contributed by atoms with Gasteiger partial charge in [-0.25, -0.2) is 4.79 Å². The van der Waals surface area contributed by atoms with Gasteiger partial charge in [0.25, 0.3) is 0 Å². The van der Waals surface area contributed by atoms with E-state index >= 15 is 0 Å². The number of ether oxygens (including phenoxy) is 2. The van der Waals surface area contributed by atoms with Gasteiger partial charge in [-0.2, -0.15) is 5.92 Å². The summed E-state index contributed by atoms with van der Waals surface area (Å²) in [7, 11) is 0. The summed E-state index contributed by atoms with van der Waals surface area (Å²) in [5.74, 6) is 0.0467. The zero-order valence-corrected chi connectivity index (χ0v) is 21.3. The number of nitrogens with one attached hydrogen (secondary N) is 2. The average Bonchev–Trinajstić information content (AvgIpc) is 2.60. The molecular weight excluding hydrogens is 401 g/mol. The van der Waals surface area contributed by atoms with Crippen molar-refractivity contribution in [3.63, 3.8) is 0 Å². The molecule has 1 amide bonds. The minimum absolute atomic E-state index is 0. The van der Waals surface area contributed by atoms with Gasteiger partial charge in [-0.1, -0.05) is 13.8 Å². The van der Waals surface area contributed by atoms with Crippen molar-refractivity contribution in [2.45, 2.75) is 20.3 Å². The summed E-state index contributed by atoms with van der Waals surface area (Å²) in [6, 6.07) is 4.74. The molecule has 0 saturated heterocycles. The Bertz CT molecular complexity index is 542. The van der Waals surface area contributed by atoms with Crippen LogP contribution >= 0.6 is 0 Å². The van der Waals surface area contributed by atoms with Gasteiger partial charge in [-0.3, -0.25) is 4.79 Å². The number of amides is 1. The van der Waals surface area contributed by atoms with Crippen molar-refractivity contribution < 1.29 is 75.6 Å². The Balaban J connectivity index is -0.00000103. The first-order valence-electron chi connectivity index (χ1n) is 8.93. The maximum absolute atomic E-state index is 11.1. The Hall–Kier alpha value is -0.684. The predicted octanol–water partition coefficient (Wildman–Crippen LogP) is -0.782. The first-order chi connectivity index (χ1) is 12.9. The Labute approximate surface area is 217 Å². The van der Waals surface area contributed by atoms with E-state index in [1.165, 1.54) is 12.1 Å². The first-order valence-corrected chi connectivity index (χ1v) is 8.93. The number of nitrogens with two attached hydrogens (primary N) is 1. The Morgan fingerprint density at radius 1 is 1.24 bits per heavy atom. The molecule has 0 spiro atoms. The van der Waals surface area contributed by atoms with Gasteiger partial charge in [0.15, 0.2) is 0 Å². The van der Waals surface area contributed by atoms with E-state index in [2.05, 4.69) is 31.4 Å². The molecular formula is C20H35KN3O5-. The number of hydrogen-bond donors (Lipinski definition) is 4. The predicted molar refractivity (Wildman–Crippen MR) is 113 cm³/mol. The molecule has 0 bridgehead atoms. The molecule has 0 aliphatic heterocycles. The zero-order valence-electron chi connectivity index (χ0n) is 18.2. The molecule has 29 heavy (non-hydrogen) atoms. The third-order valence-electron chi connectivity index (χ3n) is 2.82. The van der Waals surface area contributed by atoms with E-state index < -0.39 is 5.97 Å². The summed E-state index contributed by atoms with van der Waals surface area (Å²) in [6.07, 6.45) is 1.31.